The maximum Gasteiger partial charge on any atom is 0.254 e. The summed E-state index contributed by atoms with van der Waals surface area (Å²) in [4.78, 5) is 37.8. The molecule has 3 aliphatic rings. The summed E-state index contributed by atoms with van der Waals surface area (Å²) in [7, 11) is 0. The highest BCUT2D eigenvalue weighted by Crippen LogP contribution is 2.43. The van der Waals surface area contributed by atoms with Crippen LogP contribution >= 0.6 is 0 Å². The third-order valence-electron chi connectivity index (χ3n) is 6.08. The molecule has 2 amide bonds. The van der Waals surface area contributed by atoms with E-state index in [1.54, 1.807) is 6.07 Å². The molecule has 8 heteroatoms. The molecule has 150 valence electrons. The zero-order valence-electron chi connectivity index (χ0n) is 16.4. The Balaban J connectivity index is 1.43. The molecule has 0 atom stereocenters. The van der Waals surface area contributed by atoms with E-state index in [1.807, 2.05) is 13.0 Å². The molecule has 2 aliphatic carbocycles. The number of aromatic nitrogens is 3. The van der Waals surface area contributed by atoms with Gasteiger partial charge in [-0.1, -0.05) is 19.3 Å². The molecule has 1 aliphatic heterocycles. The minimum Gasteiger partial charge on any atom is -0.341 e. The van der Waals surface area contributed by atoms with Gasteiger partial charge < -0.3 is 16.0 Å². The van der Waals surface area contributed by atoms with E-state index in [0.717, 1.165) is 49.8 Å². The van der Waals surface area contributed by atoms with Crippen molar-refractivity contribution < 1.29 is 9.59 Å². The zero-order chi connectivity index (χ0) is 20.0. The van der Waals surface area contributed by atoms with E-state index in [9.17, 15) is 9.59 Å². The predicted molar refractivity (Wildman–Crippen MR) is 108 cm³/mol. The van der Waals surface area contributed by atoms with Gasteiger partial charge in [0.1, 0.15) is 23.8 Å². The fourth-order valence-electron chi connectivity index (χ4n) is 4.42. The molecule has 3 N–H and O–H groups in total. The number of pyridine rings is 1. The van der Waals surface area contributed by atoms with Crippen LogP contribution in [0.1, 0.15) is 66.6 Å². The lowest BCUT2D eigenvalue weighted by Gasteiger charge is -2.33. The van der Waals surface area contributed by atoms with Crippen LogP contribution in [0.4, 0.5) is 17.5 Å². The van der Waals surface area contributed by atoms with E-state index in [4.69, 9.17) is 4.98 Å². The summed E-state index contributed by atoms with van der Waals surface area (Å²) >= 11 is 0. The molecule has 0 saturated heterocycles. The van der Waals surface area contributed by atoms with Gasteiger partial charge in [-0.3, -0.25) is 9.59 Å². The van der Waals surface area contributed by atoms with E-state index >= 15 is 0 Å². The maximum absolute atomic E-state index is 12.6. The van der Waals surface area contributed by atoms with Crippen LogP contribution in [0.5, 0.6) is 0 Å². The Labute approximate surface area is 168 Å². The van der Waals surface area contributed by atoms with Crippen LogP contribution in [-0.4, -0.2) is 26.8 Å². The molecule has 2 saturated carbocycles. The average molecular weight is 392 g/mol. The molecule has 29 heavy (non-hydrogen) atoms. The minimum absolute atomic E-state index is 0.00461. The molecule has 0 radical (unpaired) electrons. The first-order valence-corrected chi connectivity index (χ1v) is 10.3. The number of aryl methyl sites for hydroxylation is 1. The van der Waals surface area contributed by atoms with Gasteiger partial charge in [-0.25, -0.2) is 15.0 Å². The third-order valence-corrected chi connectivity index (χ3v) is 6.08. The van der Waals surface area contributed by atoms with Crippen LogP contribution in [0.15, 0.2) is 18.5 Å². The van der Waals surface area contributed by atoms with Crippen molar-refractivity contribution in [3.63, 3.8) is 0 Å². The fourth-order valence-corrected chi connectivity index (χ4v) is 4.42. The Bertz CT molecular complexity index is 995. The summed E-state index contributed by atoms with van der Waals surface area (Å²) in [5.74, 6) is 1.75. The number of rotatable bonds is 4. The van der Waals surface area contributed by atoms with Gasteiger partial charge in [0.15, 0.2) is 0 Å². The molecule has 2 aromatic heterocycles. The maximum atomic E-state index is 12.6. The van der Waals surface area contributed by atoms with Gasteiger partial charge in [0.05, 0.1) is 16.8 Å². The lowest BCUT2D eigenvalue weighted by Crippen LogP contribution is -2.41. The average Bonchev–Trinajstić information content (AvgIpc) is 3.50. The van der Waals surface area contributed by atoms with Crippen molar-refractivity contribution in [2.24, 2.45) is 5.92 Å². The van der Waals surface area contributed by atoms with E-state index < -0.39 is 0 Å². The van der Waals surface area contributed by atoms with Crippen molar-refractivity contribution in [2.45, 2.75) is 57.4 Å². The van der Waals surface area contributed by atoms with Crippen molar-refractivity contribution in [1.29, 1.82) is 0 Å². The van der Waals surface area contributed by atoms with Crippen molar-refractivity contribution in [1.82, 2.24) is 20.3 Å². The fraction of sp³-hybridized carbons (Fsp3) is 0.476. The Morgan fingerprint density at radius 2 is 1.86 bits per heavy atom. The first-order valence-electron chi connectivity index (χ1n) is 10.3. The summed E-state index contributed by atoms with van der Waals surface area (Å²) in [6, 6.07) is 3.56. The number of nitrogens with one attached hydrogen (secondary N) is 3. The van der Waals surface area contributed by atoms with Crippen LogP contribution in [0.3, 0.4) is 0 Å². The molecule has 2 fully saturated rings. The molecular weight excluding hydrogens is 368 g/mol. The Kier molecular flexibility index (Phi) is 4.22. The lowest BCUT2D eigenvalue weighted by molar-refractivity contribution is -0.117. The van der Waals surface area contributed by atoms with Crippen LogP contribution < -0.4 is 16.0 Å². The second-order valence-electron chi connectivity index (χ2n) is 8.32. The zero-order valence-corrected chi connectivity index (χ0v) is 16.4. The molecule has 0 bridgehead atoms. The largest absolute Gasteiger partial charge is 0.341 e. The molecule has 8 nitrogen and oxygen atoms in total. The summed E-state index contributed by atoms with van der Waals surface area (Å²) in [6.07, 6.45) is 8.52. The summed E-state index contributed by atoms with van der Waals surface area (Å²) in [5, 5.41) is 9.26. The number of hydrogen-bond donors (Lipinski definition) is 3. The summed E-state index contributed by atoms with van der Waals surface area (Å²) in [5.41, 5.74) is 2.11. The molecule has 5 rings (SSSR count). The van der Waals surface area contributed by atoms with E-state index in [0.29, 0.717) is 23.0 Å². The number of fused-ring (bicyclic) bond motifs is 2. The van der Waals surface area contributed by atoms with Gasteiger partial charge in [-0.2, -0.15) is 0 Å². The Morgan fingerprint density at radius 1 is 1.10 bits per heavy atom. The Morgan fingerprint density at radius 3 is 2.62 bits per heavy atom. The van der Waals surface area contributed by atoms with Crippen molar-refractivity contribution in [3.05, 3.63) is 35.3 Å². The van der Waals surface area contributed by atoms with E-state index in [2.05, 4.69) is 25.9 Å². The molecule has 0 aromatic carbocycles. The number of nitrogens with zero attached hydrogens (tertiary/aromatic N) is 3. The van der Waals surface area contributed by atoms with Gasteiger partial charge >= 0.3 is 0 Å². The van der Waals surface area contributed by atoms with Crippen LogP contribution in [0, 0.1) is 12.8 Å². The second kappa shape index (κ2) is 6.79. The van der Waals surface area contributed by atoms with E-state index in [-0.39, 0.29) is 23.3 Å². The molecular formula is C21H24N6O2. The number of amides is 2. The molecule has 2 aromatic rings. The number of hydrogen-bond acceptors (Lipinski definition) is 6. The van der Waals surface area contributed by atoms with Gasteiger partial charge in [-0.15, -0.1) is 0 Å². The molecule has 0 unspecified atom stereocenters. The second-order valence-corrected chi connectivity index (χ2v) is 8.32. The quantitative estimate of drug-likeness (QED) is 0.737. The normalized spacial score (nSPS) is 19.6. The van der Waals surface area contributed by atoms with Crippen LogP contribution in [0.2, 0.25) is 0 Å². The van der Waals surface area contributed by atoms with Gasteiger partial charge in [0.25, 0.3) is 5.91 Å². The van der Waals surface area contributed by atoms with Crippen LogP contribution in [-0.2, 0) is 10.3 Å². The summed E-state index contributed by atoms with van der Waals surface area (Å²) < 4.78 is 0. The van der Waals surface area contributed by atoms with Gasteiger partial charge in [-0.05, 0) is 44.2 Å². The number of carbonyl (C=O) groups excluding carboxylic acids is 2. The third kappa shape index (κ3) is 3.32. The predicted octanol–water partition coefficient (Wildman–Crippen LogP) is 3.17. The highest BCUT2D eigenvalue weighted by Gasteiger charge is 2.45. The SMILES string of the molecule is Cc1cc(Nc2cc(NC(=O)C3CC3)ncn2)nc2c1C(=O)NC21CCCCC1. The monoisotopic (exact) mass is 392 g/mol. The number of anilines is 3. The number of carbonyl (C=O) groups is 2. The van der Waals surface area contributed by atoms with Crippen molar-refractivity contribution in [2.75, 3.05) is 10.6 Å². The standard InChI is InChI=1S/C21H24N6O2/c1-12-9-16(24-14-10-15(23-11-22-14)26-19(28)13-5-6-13)25-18-17(12)20(29)27-21(18)7-3-2-4-8-21/h9-11,13H,2-8H2,1H3,(H,27,29)(H2,22,23,24,25,26,28). The molecule has 1 spiro atoms. The first-order chi connectivity index (χ1) is 14.0. The highest BCUT2D eigenvalue weighted by atomic mass is 16.2. The van der Waals surface area contributed by atoms with Gasteiger partial charge in [0.2, 0.25) is 5.91 Å². The Hall–Kier alpha value is -3.03. The highest BCUT2D eigenvalue weighted by molar-refractivity contribution is 6.01. The topological polar surface area (TPSA) is 109 Å². The van der Waals surface area contributed by atoms with Crippen molar-refractivity contribution >= 4 is 29.3 Å². The molecule has 3 heterocycles. The van der Waals surface area contributed by atoms with Crippen LogP contribution in [0.25, 0.3) is 0 Å². The van der Waals surface area contributed by atoms with Crippen molar-refractivity contribution in [3.8, 4) is 0 Å². The first kappa shape index (κ1) is 18.0. The van der Waals surface area contributed by atoms with Gasteiger partial charge in [0, 0.05) is 12.0 Å². The van der Waals surface area contributed by atoms with E-state index in [1.165, 1.54) is 12.7 Å². The summed E-state index contributed by atoms with van der Waals surface area (Å²) in [6.45, 7) is 1.94. The minimum atomic E-state index is -0.345. The lowest BCUT2D eigenvalue weighted by atomic mass is 9.79. The smallest absolute Gasteiger partial charge is 0.254 e.